The first kappa shape index (κ1) is 14.9. The van der Waals surface area contributed by atoms with E-state index in [-0.39, 0.29) is 23.6 Å². The van der Waals surface area contributed by atoms with Gasteiger partial charge in [-0.1, -0.05) is 24.3 Å². The summed E-state index contributed by atoms with van der Waals surface area (Å²) in [6.45, 7) is 0. The minimum Gasteiger partial charge on any atom is -0.326 e. The Balaban J connectivity index is 1.90. The van der Waals surface area contributed by atoms with Crippen molar-refractivity contribution in [3.05, 3.63) is 87.8 Å². The fourth-order valence-electron chi connectivity index (χ4n) is 2.20. The van der Waals surface area contributed by atoms with Crippen molar-refractivity contribution in [3.8, 4) is 0 Å². The van der Waals surface area contributed by atoms with E-state index >= 15 is 0 Å². The summed E-state index contributed by atoms with van der Waals surface area (Å²) in [4.78, 5) is 18.5. The molecule has 4 nitrogen and oxygen atoms in total. The van der Waals surface area contributed by atoms with Crippen molar-refractivity contribution in [3.63, 3.8) is 0 Å². The Labute approximate surface area is 130 Å². The van der Waals surface area contributed by atoms with Gasteiger partial charge in [-0.05, 0) is 24.3 Å². The average Bonchev–Trinajstić information content (AvgIpc) is 2.51. The summed E-state index contributed by atoms with van der Waals surface area (Å²) in [6, 6.07) is 14.0. The summed E-state index contributed by atoms with van der Waals surface area (Å²) in [6.07, 6.45) is -0.105. The van der Waals surface area contributed by atoms with Crippen LogP contribution in [0.4, 0.5) is 20.4 Å². The zero-order valence-electron chi connectivity index (χ0n) is 12.0. The third-order valence-electron chi connectivity index (χ3n) is 3.25. The van der Waals surface area contributed by atoms with Crippen molar-refractivity contribution >= 4 is 11.6 Å². The first-order valence-electron chi connectivity index (χ1n) is 6.97. The number of nitrogens with one attached hydrogen (secondary N) is 2. The third-order valence-corrected chi connectivity index (χ3v) is 3.25. The first-order valence-corrected chi connectivity index (χ1v) is 6.97. The lowest BCUT2D eigenvalue weighted by Crippen LogP contribution is -2.13. The van der Waals surface area contributed by atoms with Crippen molar-refractivity contribution in [1.29, 1.82) is 0 Å². The summed E-state index contributed by atoms with van der Waals surface area (Å²) in [5.41, 5.74) is 0.502. The number of aromatic nitrogens is 2. The normalized spacial score (nSPS) is 10.5. The van der Waals surface area contributed by atoms with Gasteiger partial charge in [-0.2, -0.15) is 0 Å². The summed E-state index contributed by atoms with van der Waals surface area (Å²) >= 11 is 0. The molecule has 0 aliphatic carbocycles. The highest BCUT2D eigenvalue weighted by Crippen LogP contribution is 2.16. The lowest BCUT2D eigenvalue weighted by Gasteiger charge is -2.08. The maximum atomic E-state index is 13.7. The Hall–Kier alpha value is -3.02. The highest BCUT2D eigenvalue weighted by molar-refractivity contribution is 5.52. The molecule has 2 N–H and O–H groups in total. The Bertz CT molecular complexity index is 858. The van der Waals surface area contributed by atoms with E-state index in [1.54, 1.807) is 0 Å². The lowest BCUT2D eigenvalue weighted by atomic mass is 10.1. The molecule has 0 saturated heterocycles. The molecule has 3 rings (SSSR count). The molecule has 0 atom stereocenters. The van der Waals surface area contributed by atoms with E-state index in [0.29, 0.717) is 0 Å². The van der Waals surface area contributed by atoms with Gasteiger partial charge in [0.1, 0.15) is 11.6 Å². The number of H-pyrrole nitrogens is 1. The van der Waals surface area contributed by atoms with E-state index in [1.165, 1.54) is 24.3 Å². The van der Waals surface area contributed by atoms with Crippen molar-refractivity contribution < 1.29 is 8.78 Å². The summed E-state index contributed by atoms with van der Waals surface area (Å²) in [5, 5.41) is 2.95. The van der Waals surface area contributed by atoms with E-state index in [4.69, 9.17) is 0 Å². The van der Waals surface area contributed by atoms with E-state index in [2.05, 4.69) is 15.3 Å². The number of nitrogens with zero attached hydrogens (tertiary/aromatic N) is 1. The average molecular weight is 313 g/mol. The van der Waals surface area contributed by atoms with E-state index in [1.807, 2.05) is 30.3 Å². The molecule has 116 valence electrons. The van der Waals surface area contributed by atoms with Crippen LogP contribution in [0.25, 0.3) is 0 Å². The predicted octanol–water partition coefficient (Wildman–Crippen LogP) is 3.38. The van der Waals surface area contributed by atoms with Gasteiger partial charge >= 0.3 is 0 Å². The second kappa shape index (κ2) is 6.39. The number of anilines is 2. The molecule has 0 unspecified atom stereocenters. The molecule has 0 aliphatic rings. The number of rotatable bonds is 4. The smallest absolute Gasteiger partial charge is 0.252 e. The van der Waals surface area contributed by atoms with Gasteiger partial charge in [0.15, 0.2) is 0 Å². The number of aromatic amines is 1. The molecule has 6 heteroatoms. The second-order valence-electron chi connectivity index (χ2n) is 4.95. The zero-order chi connectivity index (χ0) is 16.2. The van der Waals surface area contributed by atoms with Gasteiger partial charge in [-0.25, -0.2) is 13.8 Å². The third kappa shape index (κ3) is 3.60. The fourth-order valence-corrected chi connectivity index (χ4v) is 2.20. The van der Waals surface area contributed by atoms with Crippen molar-refractivity contribution in [2.75, 3.05) is 5.32 Å². The largest absolute Gasteiger partial charge is 0.326 e. The fraction of sp³-hybridized carbons (Fsp3) is 0.0588. The van der Waals surface area contributed by atoms with Crippen LogP contribution in [0.3, 0.4) is 0 Å². The van der Waals surface area contributed by atoms with Gasteiger partial charge in [-0.15, -0.1) is 0 Å². The molecule has 1 aromatic heterocycles. The molecule has 3 aromatic rings. The molecular formula is C17H13F2N3O. The predicted molar refractivity (Wildman–Crippen MR) is 83.7 cm³/mol. The van der Waals surface area contributed by atoms with Crippen LogP contribution >= 0.6 is 0 Å². The number of hydrogen-bond acceptors (Lipinski definition) is 3. The van der Waals surface area contributed by atoms with Crippen LogP contribution in [0.1, 0.15) is 11.3 Å². The van der Waals surface area contributed by atoms with Crippen LogP contribution in [0.5, 0.6) is 0 Å². The molecule has 2 aromatic carbocycles. The first-order chi connectivity index (χ1) is 11.1. The van der Waals surface area contributed by atoms with Crippen LogP contribution in [-0.4, -0.2) is 9.97 Å². The van der Waals surface area contributed by atoms with Gasteiger partial charge in [0.2, 0.25) is 5.95 Å². The standard InChI is InChI=1S/C17H13F2N3O/c18-14-7-4-8-15(19)13(14)9-12-10-16(23)22-17(21-12)20-11-5-2-1-3-6-11/h1-8,10H,9H2,(H2,20,21,22,23). The van der Waals surface area contributed by atoms with Crippen LogP contribution in [0.15, 0.2) is 59.4 Å². The molecule has 0 amide bonds. The summed E-state index contributed by atoms with van der Waals surface area (Å²) in [5.74, 6) is -1.11. The Morgan fingerprint density at radius 3 is 2.39 bits per heavy atom. The zero-order valence-corrected chi connectivity index (χ0v) is 12.0. The molecule has 0 spiro atoms. The highest BCUT2D eigenvalue weighted by atomic mass is 19.1. The number of halogens is 2. The monoisotopic (exact) mass is 313 g/mol. The quantitative estimate of drug-likeness (QED) is 0.776. The topological polar surface area (TPSA) is 57.8 Å². The van der Waals surface area contributed by atoms with Crippen molar-refractivity contribution in [2.24, 2.45) is 0 Å². The Kier molecular flexibility index (Phi) is 4.14. The number of para-hydroxylation sites is 1. The molecule has 0 radical (unpaired) electrons. The van der Waals surface area contributed by atoms with Gasteiger partial charge in [0.05, 0.1) is 5.69 Å². The van der Waals surface area contributed by atoms with Crippen LogP contribution in [0, 0.1) is 11.6 Å². The molecule has 0 fully saturated rings. The summed E-state index contributed by atoms with van der Waals surface area (Å²) < 4.78 is 27.4. The molecule has 1 heterocycles. The number of hydrogen-bond donors (Lipinski definition) is 2. The van der Waals surface area contributed by atoms with Gasteiger partial charge in [0.25, 0.3) is 5.56 Å². The lowest BCUT2D eigenvalue weighted by molar-refractivity contribution is 0.560. The minimum absolute atomic E-state index is 0.105. The molecular weight excluding hydrogens is 300 g/mol. The summed E-state index contributed by atoms with van der Waals surface area (Å²) in [7, 11) is 0. The van der Waals surface area contributed by atoms with Crippen molar-refractivity contribution in [2.45, 2.75) is 6.42 Å². The maximum absolute atomic E-state index is 13.7. The van der Waals surface area contributed by atoms with Crippen molar-refractivity contribution in [1.82, 2.24) is 9.97 Å². The molecule has 0 bridgehead atoms. The minimum atomic E-state index is -0.662. The molecule has 0 saturated carbocycles. The second-order valence-corrected chi connectivity index (χ2v) is 4.95. The number of benzene rings is 2. The molecule has 0 aliphatic heterocycles. The van der Waals surface area contributed by atoms with Crippen LogP contribution in [0.2, 0.25) is 0 Å². The SMILES string of the molecule is O=c1cc(Cc2c(F)cccc2F)nc(Nc2ccccc2)[nH]1. The van der Waals surface area contributed by atoms with Gasteiger partial charge in [-0.3, -0.25) is 9.78 Å². The van der Waals surface area contributed by atoms with Crippen LogP contribution in [-0.2, 0) is 6.42 Å². The Morgan fingerprint density at radius 2 is 1.70 bits per heavy atom. The van der Waals surface area contributed by atoms with Gasteiger partial charge in [0, 0.05) is 23.7 Å². The van der Waals surface area contributed by atoms with Gasteiger partial charge < -0.3 is 5.32 Å². The highest BCUT2D eigenvalue weighted by Gasteiger charge is 2.11. The van der Waals surface area contributed by atoms with E-state index < -0.39 is 17.2 Å². The van der Waals surface area contributed by atoms with E-state index in [9.17, 15) is 13.6 Å². The van der Waals surface area contributed by atoms with Crippen LogP contribution < -0.4 is 10.9 Å². The maximum Gasteiger partial charge on any atom is 0.252 e. The molecule has 23 heavy (non-hydrogen) atoms. The van der Waals surface area contributed by atoms with E-state index in [0.717, 1.165) is 5.69 Å². The Morgan fingerprint density at radius 1 is 1.00 bits per heavy atom.